The van der Waals surface area contributed by atoms with Crippen LogP contribution in [0.25, 0.3) is 16.2 Å². The number of hydrogen-bond acceptors (Lipinski definition) is 5. The van der Waals surface area contributed by atoms with Crippen molar-refractivity contribution in [2.24, 2.45) is 0 Å². The zero-order valence-electron chi connectivity index (χ0n) is 15.8. The molecule has 0 radical (unpaired) electrons. The van der Waals surface area contributed by atoms with Gasteiger partial charge in [0, 0.05) is 42.6 Å². The molecule has 2 aromatic carbocycles. The highest BCUT2D eigenvalue weighted by Crippen LogP contribution is 2.26. The van der Waals surface area contributed by atoms with Crippen LogP contribution in [0.4, 0.5) is 11.4 Å². The number of aromatic nitrogens is 2. The Kier molecular flexibility index (Phi) is 4.75. The lowest BCUT2D eigenvalue weighted by Crippen LogP contribution is -2.14. The maximum absolute atomic E-state index is 12.8. The molecule has 7 heteroatoms. The number of carbonyl (C=O) groups is 1. The van der Waals surface area contributed by atoms with Gasteiger partial charge in [-0.15, -0.1) is 11.3 Å². The number of nitrogens with zero attached hydrogens (tertiary/aromatic N) is 3. The minimum absolute atomic E-state index is 0.168. The SMILES string of the molecule is COc1cccc(-c2cn3c(C(=O)Nc4ccc(N(C)C)cc4)csc3n2)c1. The number of anilines is 2. The van der Waals surface area contributed by atoms with Crippen LogP contribution in [0.3, 0.4) is 0 Å². The Hall–Kier alpha value is -3.32. The quantitative estimate of drug-likeness (QED) is 0.547. The summed E-state index contributed by atoms with van der Waals surface area (Å²) >= 11 is 1.44. The summed E-state index contributed by atoms with van der Waals surface area (Å²) in [4.78, 5) is 20.2. The topological polar surface area (TPSA) is 58.9 Å². The van der Waals surface area contributed by atoms with E-state index < -0.39 is 0 Å². The van der Waals surface area contributed by atoms with Crippen LogP contribution in [0.1, 0.15) is 10.5 Å². The summed E-state index contributed by atoms with van der Waals surface area (Å²) in [6, 6.07) is 15.4. The van der Waals surface area contributed by atoms with Gasteiger partial charge < -0.3 is 15.0 Å². The van der Waals surface area contributed by atoms with Crippen LogP contribution in [0.15, 0.2) is 60.1 Å². The zero-order chi connectivity index (χ0) is 19.7. The number of nitrogens with one attached hydrogen (secondary N) is 1. The molecule has 4 rings (SSSR count). The van der Waals surface area contributed by atoms with E-state index in [1.807, 2.05) is 83.5 Å². The average Bonchev–Trinajstić information content (AvgIpc) is 3.29. The largest absolute Gasteiger partial charge is 0.497 e. The van der Waals surface area contributed by atoms with Gasteiger partial charge >= 0.3 is 0 Å². The third-order valence-electron chi connectivity index (χ3n) is 4.45. The number of carbonyl (C=O) groups excluding carboxylic acids is 1. The highest BCUT2D eigenvalue weighted by molar-refractivity contribution is 7.15. The van der Waals surface area contributed by atoms with Crippen molar-refractivity contribution >= 4 is 33.6 Å². The Morgan fingerprint density at radius 1 is 1.18 bits per heavy atom. The molecule has 0 saturated carbocycles. The third kappa shape index (κ3) is 3.44. The molecule has 6 nitrogen and oxygen atoms in total. The van der Waals surface area contributed by atoms with Gasteiger partial charge in [-0.1, -0.05) is 12.1 Å². The summed E-state index contributed by atoms with van der Waals surface area (Å²) in [7, 11) is 5.60. The molecule has 0 bridgehead atoms. The van der Waals surface area contributed by atoms with E-state index in [2.05, 4.69) is 10.3 Å². The Bertz CT molecular complexity index is 1130. The maximum atomic E-state index is 12.8. The van der Waals surface area contributed by atoms with Crippen molar-refractivity contribution in [2.75, 3.05) is 31.4 Å². The lowest BCUT2D eigenvalue weighted by Gasteiger charge is -2.12. The van der Waals surface area contributed by atoms with Crippen molar-refractivity contribution < 1.29 is 9.53 Å². The fourth-order valence-corrected chi connectivity index (χ4v) is 3.76. The van der Waals surface area contributed by atoms with E-state index in [4.69, 9.17) is 4.74 Å². The molecule has 2 aromatic heterocycles. The Morgan fingerprint density at radius 2 is 1.96 bits per heavy atom. The number of benzene rings is 2. The van der Waals surface area contributed by atoms with E-state index in [0.717, 1.165) is 33.3 Å². The number of fused-ring (bicyclic) bond motifs is 1. The first-order valence-electron chi connectivity index (χ1n) is 8.75. The minimum Gasteiger partial charge on any atom is -0.497 e. The van der Waals surface area contributed by atoms with Crippen molar-refractivity contribution in [2.45, 2.75) is 0 Å². The van der Waals surface area contributed by atoms with E-state index in [0.29, 0.717) is 5.69 Å². The molecule has 0 fully saturated rings. The summed E-state index contributed by atoms with van der Waals surface area (Å²) in [5.74, 6) is 0.603. The van der Waals surface area contributed by atoms with E-state index in [-0.39, 0.29) is 5.91 Å². The highest BCUT2D eigenvalue weighted by atomic mass is 32.1. The zero-order valence-corrected chi connectivity index (χ0v) is 16.7. The van der Waals surface area contributed by atoms with Crippen molar-refractivity contribution in [1.82, 2.24) is 9.38 Å². The van der Waals surface area contributed by atoms with E-state index in [1.54, 1.807) is 7.11 Å². The number of imidazole rings is 1. The summed E-state index contributed by atoms with van der Waals surface area (Å²) in [6.45, 7) is 0. The highest BCUT2D eigenvalue weighted by Gasteiger charge is 2.16. The van der Waals surface area contributed by atoms with Crippen LogP contribution in [-0.2, 0) is 0 Å². The summed E-state index contributed by atoms with van der Waals surface area (Å²) in [5, 5.41) is 4.77. The van der Waals surface area contributed by atoms with Crippen molar-refractivity contribution in [3.8, 4) is 17.0 Å². The lowest BCUT2D eigenvalue weighted by atomic mass is 10.1. The van der Waals surface area contributed by atoms with Gasteiger partial charge in [-0.2, -0.15) is 0 Å². The Balaban J connectivity index is 1.60. The number of rotatable bonds is 5. The standard InChI is InChI=1S/C21H20N4O2S/c1-24(2)16-9-7-15(8-10-16)22-20(26)19-13-28-21-23-18(12-25(19)21)14-5-4-6-17(11-14)27-3/h4-13H,1-3H3,(H,22,26). The fourth-order valence-electron chi connectivity index (χ4n) is 2.91. The van der Waals surface area contributed by atoms with Crippen LogP contribution in [0, 0.1) is 0 Å². The molecule has 0 aliphatic rings. The van der Waals surface area contributed by atoms with Crippen molar-refractivity contribution in [3.05, 3.63) is 65.8 Å². The molecule has 0 aliphatic carbocycles. The van der Waals surface area contributed by atoms with E-state index in [9.17, 15) is 4.79 Å². The summed E-state index contributed by atoms with van der Waals surface area (Å²) < 4.78 is 7.11. The molecular weight excluding hydrogens is 372 g/mol. The average molecular weight is 392 g/mol. The van der Waals surface area contributed by atoms with Crippen LogP contribution in [0.2, 0.25) is 0 Å². The number of amides is 1. The molecule has 28 heavy (non-hydrogen) atoms. The van der Waals surface area contributed by atoms with Gasteiger partial charge in [0.15, 0.2) is 4.96 Å². The van der Waals surface area contributed by atoms with Gasteiger partial charge in [0.25, 0.3) is 5.91 Å². The van der Waals surface area contributed by atoms with Crippen LogP contribution < -0.4 is 15.0 Å². The minimum atomic E-state index is -0.168. The molecular formula is C21H20N4O2S. The van der Waals surface area contributed by atoms with Gasteiger partial charge in [0.2, 0.25) is 0 Å². The van der Waals surface area contributed by atoms with Crippen LogP contribution in [-0.4, -0.2) is 36.5 Å². The van der Waals surface area contributed by atoms with Gasteiger partial charge in [-0.25, -0.2) is 4.98 Å². The first-order chi connectivity index (χ1) is 13.5. The van der Waals surface area contributed by atoms with E-state index >= 15 is 0 Å². The second-order valence-corrected chi connectivity index (χ2v) is 7.36. The number of methoxy groups -OCH3 is 1. The second kappa shape index (κ2) is 7.36. The molecule has 0 unspecified atom stereocenters. The summed E-state index contributed by atoms with van der Waals surface area (Å²) in [5.41, 5.74) is 4.13. The van der Waals surface area contributed by atoms with Crippen LogP contribution >= 0.6 is 11.3 Å². The second-order valence-electron chi connectivity index (χ2n) is 6.53. The molecule has 2 heterocycles. The molecule has 0 atom stereocenters. The van der Waals surface area contributed by atoms with Gasteiger partial charge in [-0.3, -0.25) is 9.20 Å². The normalized spacial score (nSPS) is 10.8. The number of hydrogen-bond donors (Lipinski definition) is 1. The molecule has 4 aromatic rings. The Labute approximate surface area is 167 Å². The molecule has 1 amide bonds. The van der Waals surface area contributed by atoms with Crippen LogP contribution in [0.5, 0.6) is 5.75 Å². The smallest absolute Gasteiger partial charge is 0.273 e. The van der Waals surface area contributed by atoms with Crippen molar-refractivity contribution in [1.29, 1.82) is 0 Å². The lowest BCUT2D eigenvalue weighted by molar-refractivity contribution is 0.102. The first-order valence-corrected chi connectivity index (χ1v) is 9.63. The maximum Gasteiger partial charge on any atom is 0.273 e. The molecule has 0 saturated heterocycles. The first kappa shape index (κ1) is 18.1. The van der Waals surface area contributed by atoms with Gasteiger partial charge in [0.1, 0.15) is 11.4 Å². The fraction of sp³-hybridized carbons (Fsp3) is 0.143. The summed E-state index contributed by atoms with van der Waals surface area (Å²) in [6.07, 6.45) is 1.88. The molecule has 0 spiro atoms. The molecule has 0 aliphatic heterocycles. The van der Waals surface area contributed by atoms with Gasteiger partial charge in [0.05, 0.1) is 12.8 Å². The Morgan fingerprint density at radius 3 is 2.68 bits per heavy atom. The molecule has 1 N–H and O–H groups in total. The predicted molar refractivity (Wildman–Crippen MR) is 114 cm³/mol. The molecule has 142 valence electrons. The monoisotopic (exact) mass is 392 g/mol. The van der Waals surface area contributed by atoms with E-state index in [1.165, 1.54) is 11.3 Å². The number of ether oxygens (including phenoxy) is 1. The van der Waals surface area contributed by atoms with Gasteiger partial charge in [-0.05, 0) is 36.4 Å². The third-order valence-corrected chi connectivity index (χ3v) is 5.29. The van der Waals surface area contributed by atoms with Crippen molar-refractivity contribution in [3.63, 3.8) is 0 Å². The number of thiazole rings is 1. The predicted octanol–water partition coefficient (Wildman–Crippen LogP) is 4.39.